The first-order valence-electron chi connectivity index (χ1n) is 3.32. The molecule has 0 bridgehead atoms. The molecule has 0 atom stereocenters. The number of hydrogen-bond acceptors (Lipinski definition) is 1. The highest BCUT2D eigenvalue weighted by Crippen LogP contribution is 2.15. The molecule has 58 valence electrons. The molecule has 11 heavy (non-hydrogen) atoms. The molecular weight excluding hydrogens is 159 g/mol. The zero-order valence-electron chi connectivity index (χ0n) is 6.05. The minimum atomic E-state index is -0.223. The van der Waals surface area contributed by atoms with Gasteiger partial charge in [-0.1, -0.05) is 6.08 Å². The van der Waals surface area contributed by atoms with Crippen molar-refractivity contribution in [3.8, 4) is 0 Å². The van der Waals surface area contributed by atoms with Gasteiger partial charge in [0, 0.05) is 4.90 Å². The highest BCUT2D eigenvalue weighted by molar-refractivity contribution is 7.80. The summed E-state index contributed by atoms with van der Waals surface area (Å²) in [5.41, 5.74) is 0.878. The zero-order valence-corrected chi connectivity index (χ0v) is 6.94. The molecule has 0 spiro atoms. The van der Waals surface area contributed by atoms with E-state index in [1.54, 1.807) is 12.1 Å². The molecular formula is C9H9FS. The van der Waals surface area contributed by atoms with Crippen LogP contribution in [0, 0.1) is 5.82 Å². The summed E-state index contributed by atoms with van der Waals surface area (Å²) < 4.78 is 12.6. The molecule has 1 aromatic rings. The first kappa shape index (κ1) is 8.34. The molecule has 0 N–H and O–H groups in total. The third kappa shape index (κ3) is 2.09. The lowest BCUT2D eigenvalue weighted by atomic mass is 10.1. The summed E-state index contributed by atoms with van der Waals surface area (Å²) in [6, 6.07) is 4.52. The van der Waals surface area contributed by atoms with Gasteiger partial charge in [0.1, 0.15) is 5.82 Å². The molecule has 0 aromatic heterocycles. The first-order chi connectivity index (χ1) is 5.24. The average Bonchev–Trinajstić information content (AvgIpc) is 1.98. The molecule has 0 saturated carbocycles. The monoisotopic (exact) mass is 168 g/mol. The van der Waals surface area contributed by atoms with Crippen molar-refractivity contribution in [1.29, 1.82) is 0 Å². The van der Waals surface area contributed by atoms with Crippen molar-refractivity contribution in [2.45, 2.75) is 11.3 Å². The van der Waals surface area contributed by atoms with Crippen LogP contribution in [0.1, 0.15) is 5.56 Å². The van der Waals surface area contributed by atoms with E-state index in [2.05, 4.69) is 19.2 Å². The quantitative estimate of drug-likeness (QED) is 0.509. The molecule has 0 fully saturated rings. The molecule has 0 aliphatic rings. The molecule has 0 amide bonds. The van der Waals surface area contributed by atoms with E-state index in [1.807, 2.05) is 0 Å². The van der Waals surface area contributed by atoms with Crippen molar-refractivity contribution in [1.82, 2.24) is 0 Å². The Morgan fingerprint density at radius 2 is 2.27 bits per heavy atom. The van der Waals surface area contributed by atoms with E-state index in [0.29, 0.717) is 6.42 Å². The molecule has 1 aromatic carbocycles. The van der Waals surface area contributed by atoms with Crippen molar-refractivity contribution in [2.24, 2.45) is 0 Å². The van der Waals surface area contributed by atoms with Crippen LogP contribution in [0.25, 0.3) is 0 Å². The molecule has 0 nitrogen and oxygen atoms in total. The lowest BCUT2D eigenvalue weighted by Gasteiger charge is -2.00. The predicted octanol–water partition coefficient (Wildman–Crippen LogP) is 2.84. The van der Waals surface area contributed by atoms with E-state index in [9.17, 15) is 4.39 Å². The van der Waals surface area contributed by atoms with Gasteiger partial charge in [0.25, 0.3) is 0 Å². The molecule has 0 heterocycles. The Morgan fingerprint density at radius 1 is 1.55 bits per heavy atom. The summed E-state index contributed by atoms with van der Waals surface area (Å²) in [4.78, 5) is 0.811. The van der Waals surface area contributed by atoms with Crippen molar-refractivity contribution in [3.63, 3.8) is 0 Å². The van der Waals surface area contributed by atoms with Crippen LogP contribution in [-0.2, 0) is 6.42 Å². The van der Waals surface area contributed by atoms with Gasteiger partial charge in [-0.05, 0) is 30.2 Å². The Labute approximate surface area is 71.2 Å². The molecule has 0 aliphatic carbocycles. The molecule has 0 radical (unpaired) electrons. The summed E-state index contributed by atoms with van der Waals surface area (Å²) >= 11 is 4.16. The number of allylic oxidation sites excluding steroid dienone is 1. The number of thiol groups is 1. The molecule has 0 saturated heterocycles. The number of rotatable bonds is 2. The van der Waals surface area contributed by atoms with Crippen LogP contribution in [0.5, 0.6) is 0 Å². The third-order valence-corrected chi connectivity index (χ3v) is 1.84. The van der Waals surface area contributed by atoms with Gasteiger partial charge in [-0.3, -0.25) is 0 Å². The second kappa shape index (κ2) is 3.58. The Kier molecular flexibility index (Phi) is 2.71. The van der Waals surface area contributed by atoms with E-state index in [-0.39, 0.29) is 5.82 Å². The predicted molar refractivity (Wildman–Crippen MR) is 47.6 cm³/mol. The van der Waals surface area contributed by atoms with E-state index in [0.717, 1.165) is 10.5 Å². The standard InChI is InChI=1S/C9H9FS/c1-2-3-7-6-8(10)4-5-9(7)11/h2,4-6,11H,1,3H2. The topological polar surface area (TPSA) is 0 Å². The fraction of sp³-hybridized carbons (Fsp3) is 0.111. The second-order valence-electron chi connectivity index (χ2n) is 2.27. The number of halogens is 1. The van der Waals surface area contributed by atoms with Crippen LogP contribution >= 0.6 is 12.6 Å². The van der Waals surface area contributed by atoms with Crippen molar-refractivity contribution < 1.29 is 4.39 Å². The van der Waals surface area contributed by atoms with Crippen LogP contribution in [0.2, 0.25) is 0 Å². The zero-order chi connectivity index (χ0) is 8.27. The van der Waals surface area contributed by atoms with Crippen molar-refractivity contribution in [3.05, 3.63) is 42.2 Å². The largest absolute Gasteiger partial charge is 0.207 e. The van der Waals surface area contributed by atoms with Crippen LogP contribution in [-0.4, -0.2) is 0 Å². The van der Waals surface area contributed by atoms with Crippen LogP contribution < -0.4 is 0 Å². The molecule has 0 unspecified atom stereocenters. The molecule has 2 heteroatoms. The fourth-order valence-electron chi connectivity index (χ4n) is 0.873. The van der Waals surface area contributed by atoms with E-state index in [4.69, 9.17) is 0 Å². The molecule has 0 aliphatic heterocycles. The SMILES string of the molecule is C=CCc1cc(F)ccc1S. The van der Waals surface area contributed by atoms with E-state index in [1.165, 1.54) is 12.1 Å². The summed E-state index contributed by atoms with van der Waals surface area (Å²) in [5.74, 6) is -0.223. The summed E-state index contributed by atoms with van der Waals surface area (Å²) in [5, 5.41) is 0. The Balaban J connectivity index is 3.01. The van der Waals surface area contributed by atoms with Crippen molar-refractivity contribution >= 4 is 12.6 Å². The first-order valence-corrected chi connectivity index (χ1v) is 3.77. The smallest absolute Gasteiger partial charge is 0.123 e. The highest BCUT2D eigenvalue weighted by Gasteiger charge is 1.97. The van der Waals surface area contributed by atoms with Gasteiger partial charge in [-0.2, -0.15) is 0 Å². The minimum Gasteiger partial charge on any atom is -0.207 e. The maximum Gasteiger partial charge on any atom is 0.123 e. The second-order valence-corrected chi connectivity index (χ2v) is 2.75. The maximum absolute atomic E-state index is 12.6. The summed E-state index contributed by atoms with van der Waals surface area (Å²) in [7, 11) is 0. The van der Waals surface area contributed by atoms with Gasteiger partial charge < -0.3 is 0 Å². The lowest BCUT2D eigenvalue weighted by molar-refractivity contribution is 0.624. The average molecular weight is 168 g/mol. The number of hydrogen-bond donors (Lipinski definition) is 1. The fourth-order valence-corrected chi connectivity index (χ4v) is 1.10. The van der Waals surface area contributed by atoms with Crippen LogP contribution in [0.3, 0.4) is 0 Å². The van der Waals surface area contributed by atoms with Crippen LogP contribution in [0.4, 0.5) is 4.39 Å². The van der Waals surface area contributed by atoms with Crippen molar-refractivity contribution in [2.75, 3.05) is 0 Å². The van der Waals surface area contributed by atoms with Gasteiger partial charge in [-0.25, -0.2) is 4.39 Å². The Bertz CT molecular complexity index is 268. The van der Waals surface area contributed by atoms with E-state index >= 15 is 0 Å². The van der Waals surface area contributed by atoms with Gasteiger partial charge in [0.2, 0.25) is 0 Å². The van der Waals surface area contributed by atoms with E-state index < -0.39 is 0 Å². The van der Waals surface area contributed by atoms with Gasteiger partial charge in [0.05, 0.1) is 0 Å². The summed E-state index contributed by atoms with van der Waals surface area (Å²) in [6.45, 7) is 3.57. The third-order valence-electron chi connectivity index (χ3n) is 1.41. The maximum atomic E-state index is 12.6. The Hall–Kier alpha value is -0.760. The Morgan fingerprint density at radius 3 is 2.91 bits per heavy atom. The van der Waals surface area contributed by atoms with Gasteiger partial charge in [-0.15, -0.1) is 19.2 Å². The minimum absolute atomic E-state index is 0.223. The van der Waals surface area contributed by atoms with Gasteiger partial charge >= 0.3 is 0 Å². The highest BCUT2D eigenvalue weighted by atomic mass is 32.1. The summed E-state index contributed by atoms with van der Waals surface area (Å²) in [6.07, 6.45) is 2.39. The van der Waals surface area contributed by atoms with Gasteiger partial charge in [0.15, 0.2) is 0 Å². The van der Waals surface area contributed by atoms with Crippen LogP contribution in [0.15, 0.2) is 35.7 Å². The molecule has 1 rings (SSSR count). The normalized spacial score (nSPS) is 9.64. The lowest BCUT2D eigenvalue weighted by Crippen LogP contribution is -1.85. The number of benzene rings is 1.